The lowest BCUT2D eigenvalue weighted by Crippen LogP contribution is -2.19. The van der Waals surface area contributed by atoms with Gasteiger partial charge in [0.15, 0.2) is 0 Å². The molecule has 5 heteroatoms. The van der Waals surface area contributed by atoms with E-state index in [1.165, 1.54) is 0 Å². The summed E-state index contributed by atoms with van der Waals surface area (Å²) in [7, 11) is 4.07. The number of nitrogens with zero attached hydrogens (tertiary/aromatic N) is 2. The largest absolute Gasteiger partial charge is 0.492 e. The standard InChI is InChI=1S/C16H20BrN3O/c1-20(2)8-9-21-16-5-3-4-14(10-16)19-12-15-7-6-13(17)11-18-15/h3-7,10-11,19H,8-9,12H2,1-2H3. The predicted octanol–water partition coefficient (Wildman–Crippen LogP) is 3.40. The van der Waals surface area contributed by atoms with E-state index in [0.29, 0.717) is 13.2 Å². The number of pyridine rings is 1. The summed E-state index contributed by atoms with van der Waals surface area (Å²) in [6.07, 6.45) is 1.80. The number of benzene rings is 1. The van der Waals surface area contributed by atoms with Gasteiger partial charge in [0.2, 0.25) is 0 Å². The van der Waals surface area contributed by atoms with Gasteiger partial charge >= 0.3 is 0 Å². The SMILES string of the molecule is CN(C)CCOc1cccc(NCc2ccc(Br)cn2)c1. The van der Waals surface area contributed by atoms with Crippen LogP contribution in [0.3, 0.4) is 0 Å². The second-order valence-electron chi connectivity index (χ2n) is 5.00. The van der Waals surface area contributed by atoms with Gasteiger partial charge in [0.1, 0.15) is 12.4 Å². The summed E-state index contributed by atoms with van der Waals surface area (Å²) in [4.78, 5) is 6.44. The van der Waals surface area contributed by atoms with E-state index in [4.69, 9.17) is 4.74 Å². The molecule has 0 radical (unpaired) electrons. The molecule has 0 fully saturated rings. The number of hydrogen-bond donors (Lipinski definition) is 1. The van der Waals surface area contributed by atoms with Crippen molar-refractivity contribution in [3.8, 4) is 5.75 Å². The topological polar surface area (TPSA) is 37.4 Å². The van der Waals surface area contributed by atoms with Crippen LogP contribution in [0, 0.1) is 0 Å². The molecule has 0 spiro atoms. The number of ether oxygens (including phenoxy) is 1. The van der Waals surface area contributed by atoms with Gasteiger partial charge in [0.25, 0.3) is 0 Å². The second kappa shape index (κ2) is 8.00. The summed E-state index contributed by atoms with van der Waals surface area (Å²) in [5.41, 5.74) is 2.03. The summed E-state index contributed by atoms with van der Waals surface area (Å²) in [5.74, 6) is 0.880. The van der Waals surface area contributed by atoms with E-state index in [-0.39, 0.29) is 0 Å². The maximum atomic E-state index is 5.72. The molecule has 0 amide bonds. The number of likely N-dealkylation sites (N-methyl/N-ethyl adjacent to an activating group) is 1. The Morgan fingerprint density at radius 1 is 1.24 bits per heavy atom. The molecule has 1 aromatic heterocycles. The van der Waals surface area contributed by atoms with Crippen molar-refractivity contribution < 1.29 is 4.74 Å². The van der Waals surface area contributed by atoms with Crippen molar-refractivity contribution in [3.05, 3.63) is 52.8 Å². The summed E-state index contributed by atoms with van der Waals surface area (Å²) >= 11 is 3.38. The third-order valence-corrected chi connectivity index (χ3v) is 3.37. The first-order valence-corrected chi connectivity index (χ1v) is 7.65. The average Bonchev–Trinajstić information content (AvgIpc) is 2.47. The maximum Gasteiger partial charge on any atom is 0.121 e. The molecule has 2 rings (SSSR count). The van der Waals surface area contributed by atoms with E-state index in [9.17, 15) is 0 Å². The molecule has 21 heavy (non-hydrogen) atoms. The lowest BCUT2D eigenvalue weighted by Gasteiger charge is -2.12. The zero-order chi connectivity index (χ0) is 15.1. The van der Waals surface area contributed by atoms with Gasteiger partial charge in [-0.3, -0.25) is 4.98 Å². The third-order valence-electron chi connectivity index (χ3n) is 2.90. The summed E-state index contributed by atoms with van der Waals surface area (Å²) in [6, 6.07) is 12.0. The van der Waals surface area contributed by atoms with Crippen molar-refractivity contribution in [1.82, 2.24) is 9.88 Å². The molecule has 4 nitrogen and oxygen atoms in total. The van der Waals surface area contributed by atoms with Crippen LogP contribution in [0.2, 0.25) is 0 Å². The van der Waals surface area contributed by atoms with Gasteiger partial charge in [0.05, 0.1) is 12.2 Å². The molecule has 0 bridgehead atoms. The average molecular weight is 350 g/mol. The van der Waals surface area contributed by atoms with Crippen molar-refractivity contribution in [1.29, 1.82) is 0 Å². The number of nitrogens with one attached hydrogen (secondary N) is 1. The first-order chi connectivity index (χ1) is 10.1. The molecule has 112 valence electrons. The number of anilines is 1. The number of aromatic nitrogens is 1. The van der Waals surface area contributed by atoms with E-state index >= 15 is 0 Å². The van der Waals surface area contributed by atoms with Crippen LogP contribution in [0.1, 0.15) is 5.69 Å². The number of rotatable bonds is 7. The quantitative estimate of drug-likeness (QED) is 0.831. The van der Waals surface area contributed by atoms with Crippen LogP contribution in [0.5, 0.6) is 5.75 Å². The van der Waals surface area contributed by atoms with Gasteiger partial charge in [0, 0.05) is 29.0 Å². The van der Waals surface area contributed by atoms with E-state index < -0.39 is 0 Å². The van der Waals surface area contributed by atoms with Crippen LogP contribution in [0.15, 0.2) is 47.1 Å². The highest BCUT2D eigenvalue weighted by Gasteiger charge is 1.99. The van der Waals surface area contributed by atoms with Crippen LogP contribution in [-0.4, -0.2) is 37.1 Å². The Bertz CT molecular complexity index is 558. The Kier molecular flexibility index (Phi) is 6.02. The van der Waals surface area contributed by atoms with Gasteiger partial charge in [-0.2, -0.15) is 0 Å². The monoisotopic (exact) mass is 349 g/mol. The lowest BCUT2D eigenvalue weighted by molar-refractivity contribution is 0.261. The Hall–Kier alpha value is -1.59. The molecule has 1 heterocycles. The van der Waals surface area contributed by atoms with Crippen LogP contribution in [0.4, 0.5) is 5.69 Å². The van der Waals surface area contributed by atoms with Gasteiger partial charge in [-0.15, -0.1) is 0 Å². The maximum absolute atomic E-state index is 5.72. The zero-order valence-corrected chi connectivity index (χ0v) is 13.9. The minimum atomic E-state index is 0.685. The molecule has 1 N–H and O–H groups in total. The zero-order valence-electron chi connectivity index (χ0n) is 12.3. The van der Waals surface area contributed by atoms with Crippen molar-refractivity contribution in [2.45, 2.75) is 6.54 Å². The lowest BCUT2D eigenvalue weighted by atomic mass is 10.3. The van der Waals surface area contributed by atoms with Crippen LogP contribution < -0.4 is 10.1 Å². The fourth-order valence-electron chi connectivity index (χ4n) is 1.75. The Balaban J connectivity index is 1.87. The van der Waals surface area contributed by atoms with Gasteiger partial charge in [-0.1, -0.05) is 6.07 Å². The highest BCUT2D eigenvalue weighted by atomic mass is 79.9. The fourth-order valence-corrected chi connectivity index (χ4v) is 1.98. The van der Waals surface area contributed by atoms with Crippen molar-refractivity contribution >= 4 is 21.6 Å². The highest BCUT2D eigenvalue weighted by molar-refractivity contribution is 9.10. The molecule has 0 aliphatic rings. The van der Waals surface area contributed by atoms with Crippen molar-refractivity contribution in [2.75, 3.05) is 32.6 Å². The van der Waals surface area contributed by atoms with Crippen LogP contribution >= 0.6 is 15.9 Å². The molecule has 0 aliphatic heterocycles. The summed E-state index contributed by atoms with van der Waals surface area (Å²) < 4.78 is 6.71. The second-order valence-corrected chi connectivity index (χ2v) is 5.92. The third kappa shape index (κ3) is 5.73. The van der Waals surface area contributed by atoms with Crippen LogP contribution in [-0.2, 0) is 6.54 Å². The Labute approximate surface area is 134 Å². The Morgan fingerprint density at radius 3 is 2.81 bits per heavy atom. The van der Waals surface area contributed by atoms with Crippen molar-refractivity contribution in [3.63, 3.8) is 0 Å². The van der Waals surface area contributed by atoms with Crippen molar-refractivity contribution in [2.24, 2.45) is 0 Å². The molecule has 2 aromatic rings. The Morgan fingerprint density at radius 2 is 2.10 bits per heavy atom. The molecular weight excluding hydrogens is 330 g/mol. The van der Waals surface area contributed by atoms with Gasteiger partial charge < -0.3 is 15.0 Å². The molecule has 0 aliphatic carbocycles. The van der Waals surface area contributed by atoms with E-state index in [2.05, 4.69) is 31.1 Å². The van der Waals surface area contributed by atoms with Gasteiger partial charge in [-0.25, -0.2) is 0 Å². The molecule has 0 unspecified atom stereocenters. The number of hydrogen-bond acceptors (Lipinski definition) is 4. The minimum absolute atomic E-state index is 0.685. The van der Waals surface area contributed by atoms with E-state index in [1.807, 2.05) is 50.5 Å². The predicted molar refractivity (Wildman–Crippen MR) is 89.8 cm³/mol. The molecule has 1 aromatic carbocycles. The molecule has 0 saturated carbocycles. The molecular formula is C16H20BrN3O. The fraction of sp³-hybridized carbons (Fsp3) is 0.312. The smallest absolute Gasteiger partial charge is 0.121 e. The highest BCUT2D eigenvalue weighted by Crippen LogP contribution is 2.18. The van der Waals surface area contributed by atoms with E-state index in [1.54, 1.807) is 6.20 Å². The normalized spacial score (nSPS) is 10.7. The van der Waals surface area contributed by atoms with Gasteiger partial charge in [-0.05, 0) is 54.3 Å². The summed E-state index contributed by atoms with van der Waals surface area (Å²) in [5, 5.41) is 3.35. The van der Waals surface area contributed by atoms with Crippen LogP contribution in [0.25, 0.3) is 0 Å². The number of halogens is 1. The minimum Gasteiger partial charge on any atom is -0.492 e. The first-order valence-electron chi connectivity index (χ1n) is 6.85. The summed E-state index contributed by atoms with van der Waals surface area (Å²) in [6.45, 7) is 2.28. The first kappa shape index (κ1) is 15.8. The molecule has 0 saturated heterocycles. The molecule has 0 atom stereocenters. The van der Waals surface area contributed by atoms with E-state index in [0.717, 1.165) is 28.1 Å².